The van der Waals surface area contributed by atoms with Crippen molar-refractivity contribution in [2.24, 2.45) is 0 Å². The molecular weight excluding hydrogens is 302 g/mol. The van der Waals surface area contributed by atoms with Crippen LogP contribution in [-0.2, 0) is 0 Å². The zero-order chi connectivity index (χ0) is 17.1. The van der Waals surface area contributed by atoms with Gasteiger partial charge in [-0.2, -0.15) is 0 Å². The number of anilines is 1. The van der Waals surface area contributed by atoms with Gasteiger partial charge in [0.2, 0.25) is 0 Å². The first kappa shape index (κ1) is 19.8. The van der Waals surface area contributed by atoms with Gasteiger partial charge in [-0.3, -0.25) is 0 Å². The minimum absolute atomic E-state index is 0.338. The summed E-state index contributed by atoms with van der Waals surface area (Å²) in [6.07, 6.45) is 9.34. The Morgan fingerprint density at radius 2 is 1.43 bits per heavy atom. The molecule has 0 aromatic heterocycles. The van der Waals surface area contributed by atoms with E-state index in [9.17, 15) is 4.79 Å². The number of unbranched alkanes of at least 4 members (excludes halogenated alkanes) is 6. The number of nitrogens with one attached hydrogen (secondary N) is 1. The number of carbonyl (C=O) groups is 1. The Labute approximate surface area is 142 Å². The van der Waals surface area contributed by atoms with E-state index in [1.165, 1.54) is 51.0 Å². The van der Waals surface area contributed by atoms with E-state index in [1.807, 2.05) is 12.1 Å². The normalized spacial score (nSPS) is 11.4. The summed E-state index contributed by atoms with van der Waals surface area (Å²) in [6, 6.07) is 8.43. The zero-order valence-corrected chi connectivity index (χ0v) is 16.0. The lowest BCUT2D eigenvalue weighted by Crippen LogP contribution is -2.18. The van der Waals surface area contributed by atoms with Crippen molar-refractivity contribution in [3.63, 3.8) is 0 Å². The predicted octanol–water partition coefficient (Wildman–Crippen LogP) is 5.87. The second-order valence-electron chi connectivity index (χ2n) is 7.59. The molecule has 1 aromatic rings. The van der Waals surface area contributed by atoms with Crippen molar-refractivity contribution in [1.82, 2.24) is 0 Å². The molecule has 0 aliphatic carbocycles. The molecule has 4 heteroatoms. The van der Waals surface area contributed by atoms with E-state index in [2.05, 4.69) is 25.0 Å². The van der Waals surface area contributed by atoms with Gasteiger partial charge < -0.3 is 10.4 Å². The number of carboxylic acids is 1. The second kappa shape index (κ2) is 10.5. The van der Waals surface area contributed by atoms with Crippen LogP contribution in [0.15, 0.2) is 24.3 Å². The Hall–Kier alpha value is -1.29. The third-order valence-electron chi connectivity index (χ3n) is 4.06. The van der Waals surface area contributed by atoms with Gasteiger partial charge in [-0.05, 0) is 30.7 Å². The van der Waals surface area contributed by atoms with Crippen LogP contribution in [0.3, 0.4) is 0 Å². The zero-order valence-electron chi connectivity index (χ0n) is 15.0. The van der Waals surface area contributed by atoms with Crippen LogP contribution in [0.5, 0.6) is 0 Å². The minimum atomic E-state index is -0.874. The van der Waals surface area contributed by atoms with Gasteiger partial charge in [0.1, 0.15) is 0 Å². The highest BCUT2D eigenvalue weighted by atomic mass is 28.3. The average molecular weight is 336 g/mol. The van der Waals surface area contributed by atoms with Crippen LogP contribution in [0, 0.1) is 0 Å². The van der Waals surface area contributed by atoms with Crippen LogP contribution in [0.25, 0.3) is 0 Å². The number of aromatic carboxylic acids is 1. The van der Waals surface area contributed by atoms with Crippen molar-refractivity contribution in [3.8, 4) is 0 Å². The van der Waals surface area contributed by atoms with E-state index in [4.69, 9.17) is 5.11 Å². The van der Waals surface area contributed by atoms with Gasteiger partial charge in [0, 0.05) is 20.3 Å². The second-order valence-corrected chi connectivity index (χ2v) is 13.2. The molecule has 0 aliphatic rings. The molecule has 0 unspecified atom stereocenters. The summed E-state index contributed by atoms with van der Waals surface area (Å²) in [5.41, 5.74) is 1.34. The SMILES string of the molecule is C[Si](C)(C)CCCCCCCCCNc1ccc(C(=O)O)cc1. The van der Waals surface area contributed by atoms with Gasteiger partial charge in [0.15, 0.2) is 0 Å². The maximum atomic E-state index is 10.8. The van der Waals surface area contributed by atoms with Crippen LogP contribution < -0.4 is 5.32 Å². The first-order valence-electron chi connectivity index (χ1n) is 8.96. The summed E-state index contributed by atoms with van der Waals surface area (Å²) in [5.74, 6) is -0.874. The molecule has 0 aliphatic heterocycles. The molecule has 0 radical (unpaired) electrons. The molecule has 0 saturated heterocycles. The largest absolute Gasteiger partial charge is 0.478 e. The highest BCUT2D eigenvalue weighted by Crippen LogP contribution is 2.16. The van der Waals surface area contributed by atoms with Gasteiger partial charge in [-0.15, -0.1) is 0 Å². The molecule has 0 amide bonds. The number of benzene rings is 1. The van der Waals surface area contributed by atoms with Gasteiger partial charge >= 0.3 is 5.97 Å². The minimum Gasteiger partial charge on any atom is -0.478 e. The summed E-state index contributed by atoms with van der Waals surface area (Å²) in [6.45, 7) is 8.32. The third-order valence-corrected chi connectivity index (χ3v) is 5.92. The van der Waals surface area contributed by atoms with Crippen molar-refractivity contribution < 1.29 is 9.90 Å². The first-order valence-corrected chi connectivity index (χ1v) is 12.7. The van der Waals surface area contributed by atoms with Crippen LogP contribution in [0.1, 0.15) is 55.3 Å². The van der Waals surface area contributed by atoms with Crippen molar-refractivity contribution in [2.75, 3.05) is 11.9 Å². The third kappa shape index (κ3) is 10.2. The van der Waals surface area contributed by atoms with Crippen molar-refractivity contribution in [1.29, 1.82) is 0 Å². The Kier molecular flexibility index (Phi) is 9.00. The molecule has 1 rings (SSSR count). The Bertz CT molecular complexity index is 451. The molecule has 3 nitrogen and oxygen atoms in total. The van der Waals surface area contributed by atoms with Gasteiger partial charge in [-0.25, -0.2) is 4.79 Å². The Balaban J connectivity index is 1.96. The fraction of sp³-hybridized carbons (Fsp3) is 0.632. The summed E-state index contributed by atoms with van der Waals surface area (Å²) >= 11 is 0. The van der Waals surface area contributed by atoms with E-state index in [0.717, 1.165) is 12.2 Å². The molecular formula is C19H33NO2Si. The Morgan fingerprint density at radius 1 is 0.913 bits per heavy atom. The van der Waals surface area contributed by atoms with Gasteiger partial charge in [0.05, 0.1) is 5.56 Å². The summed E-state index contributed by atoms with van der Waals surface area (Å²) < 4.78 is 0. The highest BCUT2D eigenvalue weighted by Gasteiger charge is 2.11. The fourth-order valence-corrected chi connectivity index (χ4v) is 3.94. The van der Waals surface area contributed by atoms with Crippen molar-refractivity contribution in [2.45, 2.75) is 70.6 Å². The van der Waals surface area contributed by atoms with Crippen molar-refractivity contribution >= 4 is 19.7 Å². The van der Waals surface area contributed by atoms with Crippen LogP contribution in [-0.4, -0.2) is 25.7 Å². The molecule has 0 fully saturated rings. The number of rotatable bonds is 12. The molecule has 0 heterocycles. The molecule has 23 heavy (non-hydrogen) atoms. The lowest BCUT2D eigenvalue weighted by Gasteiger charge is -2.14. The highest BCUT2D eigenvalue weighted by molar-refractivity contribution is 6.76. The standard InChI is InChI=1S/C19H33NO2Si/c1-23(2,3)16-10-8-6-4-5-7-9-15-20-18-13-11-17(12-14-18)19(21)22/h11-14,20H,4-10,15-16H2,1-3H3,(H,21,22). The number of hydrogen-bond acceptors (Lipinski definition) is 2. The van der Waals surface area contributed by atoms with E-state index in [-0.39, 0.29) is 0 Å². The topological polar surface area (TPSA) is 49.3 Å². The monoisotopic (exact) mass is 335 g/mol. The number of carboxylic acid groups (broad SMARTS) is 1. The van der Waals surface area contributed by atoms with E-state index < -0.39 is 14.0 Å². The van der Waals surface area contributed by atoms with E-state index in [1.54, 1.807) is 12.1 Å². The quantitative estimate of drug-likeness (QED) is 0.371. The first-order chi connectivity index (χ1) is 10.9. The van der Waals surface area contributed by atoms with Gasteiger partial charge in [-0.1, -0.05) is 64.2 Å². The van der Waals surface area contributed by atoms with Crippen LogP contribution in [0.2, 0.25) is 25.7 Å². The van der Waals surface area contributed by atoms with Crippen molar-refractivity contribution in [3.05, 3.63) is 29.8 Å². The molecule has 2 N–H and O–H groups in total. The smallest absolute Gasteiger partial charge is 0.335 e. The van der Waals surface area contributed by atoms with E-state index >= 15 is 0 Å². The molecule has 0 saturated carbocycles. The Morgan fingerprint density at radius 3 is 1.96 bits per heavy atom. The molecule has 130 valence electrons. The molecule has 0 spiro atoms. The fourth-order valence-electron chi connectivity index (χ4n) is 2.63. The van der Waals surface area contributed by atoms with Gasteiger partial charge in [0.25, 0.3) is 0 Å². The molecule has 0 bridgehead atoms. The van der Waals surface area contributed by atoms with E-state index in [0.29, 0.717) is 5.56 Å². The lowest BCUT2D eigenvalue weighted by molar-refractivity contribution is 0.0697. The molecule has 0 atom stereocenters. The maximum Gasteiger partial charge on any atom is 0.335 e. The maximum absolute atomic E-state index is 10.8. The summed E-state index contributed by atoms with van der Waals surface area (Å²) in [5, 5.41) is 12.2. The number of hydrogen-bond donors (Lipinski definition) is 2. The lowest BCUT2D eigenvalue weighted by atomic mass is 10.1. The van der Waals surface area contributed by atoms with Crippen LogP contribution in [0.4, 0.5) is 5.69 Å². The molecule has 1 aromatic carbocycles. The summed E-state index contributed by atoms with van der Waals surface area (Å²) in [7, 11) is -0.826. The van der Waals surface area contributed by atoms with Crippen LogP contribution >= 0.6 is 0 Å². The average Bonchev–Trinajstić information content (AvgIpc) is 2.48. The summed E-state index contributed by atoms with van der Waals surface area (Å²) in [4.78, 5) is 10.8. The predicted molar refractivity (Wildman–Crippen MR) is 102 cm³/mol.